The van der Waals surface area contributed by atoms with Crippen molar-refractivity contribution in [3.63, 3.8) is 0 Å². The molecule has 3 N–H and O–H groups in total. The molecule has 0 aliphatic heterocycles. The summed E-state index contributed by atoms with van der Waals surface area (Å²) in [5.74, 6) is 0. The highest BCUT2D eigenvalue weighted by Gasteiger charge is 2.34. The first kappa shape index (κ1) is 17.5. The number of hydrogen-bond acceptors (Lipinski definition) is 2. The van der Waals surface area contributed by atoms with Gasteiger partial charge in [-0.3, -0.25) is 0 Å². The van der Waals surface area contributed by atoms with Gasteiger partial charge in [-0.25, -0.2) is 0 Å². The van der Waals surface area contributed by atoms with Gasteiger partial charge in [-0.05, 0) is 21.9 Å². The average molecular weight is 328 g/mol. The minimum absolute atomic E-state index is 0. The molecule has 3 aromatic carbocycles. The van der Waals surface area contributed by atoms with Crippen LogP contribution in [0.25, 0.3) is 10.8 Å². The average Bonchev–Trinajstić information content (AvgIpc) is 2.60. The highest BCUT2D eigenvalue weighted by atomic mass is 35.5. The summed E-state index contributed by atoms with van der Waals surface area (Å²) in [6, 6.07) is 24.3. The Labute approximate surface area is 143 Å². The summed E-state index contributed by atoms with van der Waals surface area (Å²) in [5, 5.41) is 13.2. The van der Waals surface area contributed by atoms with Crippen molar-refractivity contribution in [2.75, 3.05) is 6.54 Å². The zero-order valence-corrected chi connectivity index (χ0v) is 14.0. The molecule has 0 amide bonds. The Kier molecular flexibility index (Phi) is 5.42. The third-order valence-electron chi connectivity index (χ3n) is 4.55. The summed E-state index contributed by atoms with van der Waals surface area (Å²) < 4.78 is 0. The monoisotopic (exact) mass is 327 g/mol. The lowest BCUT2D eigenvalue weighted by Crippen LogP contribution is -2.38. The molecule has 120 valence electrons. The van der Waals surface area contributed by atoms with Gasteiger partial charge < -0.3 is 10.8 Å². The van der Waals surface area contributed by atoms with E-state index in [4.69, 9.17) is 5.73 Å². The summed E-state index contributed by atoms with van der Waals surface area (Å²) in [7, 11) is 0. The molecule has 3 rings (SSSR count). The van der Waals surface area contributed by atoms with E-state index in [0.717, 1.165) is 11.1 Å². The van der Waals surface area contributed by atoms with E-state index in [1.165, 1.54) is 10.8 Å². The minimum Gasteiger partial charge on any atom is -0.387 e. The Balaban J connectivity index is 0.00000192. The van der Waals surface area contributed by atoms with E-state index < -0.39 is 11.5 Å². The minimum atomic E-state index is -0.639. The maximum absolute atomic E-state index is 10.9. The molecule has 3 heteroatoms. The maximum Gasteiger partial charge on any atom is 0.0896 e. The number of benzene rings is 3. The normalized spacial score (nSPS) is 14.7. The van der Waals surface area contributed by atoms with E-state index in [2.05, 4.69) is 30.3 Å². The number of nitrogens with two attached hydrogens (primary N) is 1. The summed E-state index contributed by atoms with van der Waals surface area (Å²) in [6.07, 6.45) is -0.639. The summed E-state index contributed by atoms with van der Waals surface area (Å²) in [4.78, 5) is 0. The second-order valence-electron chi connectivity index (χ2n) is 6.00. The molecule has 2 nitrogen and oxygen atoms in total. The van der Waals surface area contributed by atoms with Crippen LogP contribution in [0.3, 0.4) is 0 Å². The van der Waals surface area contributed by atoms with Crippen molar-refractivity contribution in [1.29, 1.82) is 0 Å². The molecule has 3 aromatic rings. The van der Waals surface area contributed by atoms with Crippen LogP contribution in [-0.2, 0) is 5.41 Å². The van der Waals surface area contributed by atoms with E-state index in [1.54, 1.807) is 0 Å². The summed E-state index contributed by atoms with van der Waals surface area (Å²) in [5.41, 5.74) is 7.49. The van der Waals surface area contributed by atoms with Crippen molar-refractivity contribution < 1.29 is 5.11 Å². The largest absolute Gasteiger partial charge is 0.387 e. The summed E-state index contributed by atoms with van der Waals surface area (Å²) in [6.45, 7) is 2.40. The predicted octanol–water partition coefficient (Wildman–Crippen LogP) is 4.21. The highest BCUT2D eigenvalue weighted by Crippen LogP contribution is 2.37. The number of fused-ring (bicyclic) bond motifs is 1. The lowest BCUT2D eigenvalue weighted by molar-refractivity contribution is 0.0943. The fourth-order valence-electron chi connectivity index (χ4n) is 2.94. The molecule has 0 bridgehead atoms. The number of hydrogen-bond donors (Lipinski definition) is 2. The molecule has 0 fully saturated rings. The Morgan fingerprint density at radius 3 is 2.17 bits per heavy atom. The first-order valence-electron chi connectivity index (χ1n) is 7.57. The van der Waals surface area contributed by atoms with Crippen molar-refractivity contribution >= 4 is 23.2 Å². The topological polar surface area (TPSA) is 46.2 Å². The van der Waals surface area contributed by atoms with Gasteiger partial charge in [0, 0.05) is 12.0 Å². The molecule has 0 saturated heterocycles. The lowest BCUT2D eigenvalue weighted by atomic mass is 9.74. The van der Waals surface area contributed by atoms with Gasteiger partial charge in [-0.2, -0.15) is 0 Å². The fourth-order valence-corrected chi connectivity index (χ4v) is 2.94. The predicted molar refractivity (Wildman–Crippen MR) is 99.0 cm³/mol. The van der Waals surface area contributed by atoms with Gasteiger partial charge >= 0.3 is 0 Å². The number of aliphatic hydroxyl groups excluding tert-OH is 1. The van der Waals surface area contributed by atoms with E-state index in [1.807, 2.05) is 49.4 Å². The molecule has 0 spiro atoms. The van der Waals surface area contributed by atoms with Crippen LogP contribution in [0.1, 0.15) is 24.2 Å². The van der Waals surface area contributed by atoms with E-state index in [9.17, 15) is 5.11 Å². The Bertz CT molecular complexity index is 775. The molecule has 0 aliphatic rings. The van der Waals surface area contributed by atoms with Crippen LogP contribution in [0.4, 0.5) is 0 Å². The molecule has 0 saturated carbocycles. The van der Waals surface area contributed by atoms with Gasteiger partial charge in [-0.1, -0.05) is 79.7 Å². The second-order valence-corrected chi connectivity index (χ2v) is 6.00. The molecular weight excluding hydrogens is 306 g/mol. The number of rotatable bonds is 4. The lowest BCUT2D eigenvalue weighted by Gasteiger charge is -2.34. The SMILES string of the molecule is CC(CN)(c1ccc2ccccc2c1)C(O)c1ccccc1.Cl. The van der Waals surface area contributed by atoms with Gasteiger partial charge in [0.2, 0.25) is 0 Å². The third kappa shape index (κ3) is 3.25. The molecule has 23 heavy (non-hydrogen) atoms. The Morgan fingerprint density at radius 1 is 0.913 bits per heavy atom. The molecule has 2 atom stereocenters. The van der Waals surface area contributed by atoms with Gasteiger partial charge in [0.05, 0.1) is 6.10 Å². The first-order valence-corrected chi connectivity index (χ1v) is 7.57. The quantitative estimate of drug-likeness (QED) is 0.754. The van der Waals surface area contributed by atoms with E-state index >= 15 is 0 Å². The zero-order valence-electron chi connectivity index (χ0n) is 13.1. The van der Waals surface area contributed by atoms with Crippen molar-refractivity contribution in [2.45, 2.75) is 18.4 Å². The van der Waals surface area contributed by atoms with Crippen LogP contribution in [0.5, 0.6) is 0 Å². The zero-order chi connectivity index (χ0) is 15.6. The van der Waals surface area contributed by atoms with Crippen LogP contribution in [0, 0.1) is 0 Å². The van der Waals surface area contributed by atoms with Crippen molar-refractivity contribution in [2.24, 2.45) is 5.73 Å². The molecule has 0 aromatic heterocycles. The van der Waals surface area contributed by atoms with Crippen LogP contribution in [0.15, 0.2) is 72.8 Å². The Morgan fingerprint density at radius 2 is 1.52 bits per heavy atom. The fraction of sp³-hybridized carbons (Fsp3) is 0.200. The standard InChI is InChI=1S/C20H21NO.ClH/c1-20(14-21,19(22)16-8-3-2-4-9-16)18-12-11-15-7-5-6-10-17(15)13-18;/h2-13,19,22H,14,21H2,1H3;1H. The molecule has 0 aliphatic carbocycles. The number of aliphatic hydroxyl groups is 1. The van der Waals surface area contributed by atoms with Gasteiger partial charge in [0.15, 0.2) is 0 Å². The third-order valence-corrected chi connectivity index (χ3v) is 4.55. The van der Waals surface area contributed by atoms with Crippen molar-refractivity contribution in [3.05, 3.63) is 83.9 Å². The molecule has 0 heterocycles. The van der Waals surface area contributed by atoms with E-state index in [0.29, 0.717) is 6.54 Å². The summed E-state index contributed by atoms with van der Waals surface area (Å²) >= 11 is 0. The van der Waals surface area contributed by atoms with Crippen LogP contribution >= 0.6 is 12.4 Å². The van der Waals surface area contributed by atoms with Crippen LogP contribution in [-0.4, -0.2) is 11.7 Å². The first-order chi connectivity index (χ1) is 10.6. The van der Waals surface area contributed by atoms with Gasteiger partial charge in [0.1, 0.15) is 0 Å². The van der Waals surface area contributed by atoms with Crippen LogP contribution in [0.2, 0.25) is 0 Å². The van der Waals surface area contributed by atoms with Crippen molar-refractivity contribution in [1.82, 2.24) is 0 Å². The van der Waals surface area contributed by atoms with Gasteiger partial charge in [-0.15, -0.1) is 12.4 Å². The van der Waals surface area contributed by atoms with Crippen LogP contribution < -0.4 is 5.73 Å². The molecule has 2 unspecified atom stereocenters. The van der Waals surface area contributed by atoms with Crippen molar-refractivity contribution in [3.8, 4) is 0 Å². The molecular formula is C20H22ClNO. The van der Waals surface area contributed by atoms with E-state index in [-0.39, 0.29) is 12.4 Å². The maximum atomic E-state index is 10.9. The smallest absolute Gasteiger partial charge is 0.0896 e. The molecule has 0 radical (unpaired) electrons. The number of halogens is 1. The second kappa shape index (κ2) is 7.14. The van der Waals surface area contributed by atoms with Gasteiger partial charge in [0.25, 0.3) is 0 Å². The Hall–Kier alpha value is -1.87. The highest BCUT2D eigenvalue weighted by molar-refractivity contribution is 5.85.